The summed E-state index contributed by atoms with van der Waals surface area (Å²) < 4.78 is 0. The largest absolute Gasteiger partial charge is 0.508 e. The highest BCUT2D eigenvalue weighted by molar-refractivity contribution is 5.78. The van der Waals surface area contributed by atoms with Gasteiger partial charge < -0.3 is 15.3 Å². The summed E-state index contributed by atoms with van der Waals surface area (Å²) in [5.41, 5.74) is 1.24. The van der Waals surface area contributed by atoms with Gasteiger partial charge in [0.05, 0.1) is 10.8 Å². The fourth-order valence-electron chi connectivity index (χ4n) is 4.34. The molecular formula is C24H34O5. The minimum atomic E-state index is -0.654. The van der Waals surface area contributed by atoms with E-state index in [9.17, 15) is 24.9 Å². The summed E-state index contributed by atoms with van der Waals surface area (Å²) in [6.07, 6.45) is 12.5. The summed E-state index contributed by atoms with van der Waals surface area (Å²) in [7, 11) is 0. The van der Waals surface area contributed by atoms with E-state index in [4.69, 9.17) is 0 Å². The van der Waals surface area contributed by atoms with E-state index in [1.807, 2.05) is 12.1 Å². The molecule has 2 fully saturated rings. The number of phenolic OH excluding ortho intramolecular Hbond substituents is 1. The zero-order chi connectivity index (χ0) is 20.9. The van der Waals surface area contributed by atoms with Crippen LogP contribution in [0.1, 0.15) is 88.2 Å². The first-order valence-electron chi connectivity index (χ1n) is 11.1. The number of unbranched alkanes of at least 4 members (excludes halogenated alkanes) is 4. The number of carboxylic acid groups (broad SMARTS) is 2. The average Bonchev–Trinajstić information content (AvgIpc) is 3.58. The highest BCUT2D eigenvalue weighted by Crippen LogP contribution is 2.50. The first kappa shape index (κ1) is 21.7. The molecule has 0 spiro atoms. The van der Waals surface area contributed by atoms with Gasteiger partial charge in [-0.2, -0.15) is 0 Å². The van der Waals surface area contributed by atoms with Crippen molar-refractivity contribution in [1.82, 2.24) is 0 Å². The van der Waals surface area contributed by atoms with E-state index in [-0.39, 0.29) is 0 Å². The van der Waals surface area contributed by atoms with Crippen LogP contribution >= 0.6 is 0 Å². The molecule has 0 aliphatic heterocycles. The van der Waals surface area contributed by atoms with Crippen LogP contribution in [0.3, 0.4) is 0 Å². The third-order valence-corrected chi connectivity index (χ3v) is 6.99. The molecular weight excluding hydrogens is 368 g/mol. The Morgan fingerprint density at radius 2 is 1.28 bits per heavy atom. The maximum absolute atomic E-state index is 11.2. The van der Waals surface area contributed by atoms with E-state index in [1.54, 1.807) is 0 Å². The number of phenols is 1. The Balaban J connectivity index is 1.30. The Kier molecular flexibility index (Phi) is 6.86. The molecule has 0 unspecified atom stereocenters. The zero-order valence-corrected chi connectivity index (χ0v) is 17.3. The monoisotopic (exact) mass is 402 g/mol. The third kappa shape index (κ3) is 5.74. The quantitative estimate of drug-likeness (QED) is 0.366. The van der Waals surface area contributed by atoms with Crippen LogP contribution in [0.15, 0.2) is 18.2 Å². The molecule has 0 amide bonds. The van der Waals surface area contributed by atoms with Crippen molar-refractivity contribution in [2.24, 2.45) is 10.8 Å². The molecule has 2 aliphatic rings. The highest BCUT2D eigenvalue weighted by atomic mass is 16.4. The SMILES string of the molecule is O=C(O)C1(CCCCCCc2ccc(CCCCC3(C(=O)O)CC3)c(O)c2)CC1. The van der Waals surface area contributed by atoms with Crippen molar-refractivity contribution in [3.8, 4) is 5.75 Å². The molecule has 0 heterocycles. The van der Waals surface area contributed by atoms with E-state index in [1.165, 1.54) is 0 Å². The molecule has 2 saturated carbocycles. The minimum Gasteiger partial charge on any atom is -0.508 e. The van der Waals surface area contributed by atoms with E-state index >= 15 is 0 Å². The normalized spacial score (nSPS) is 18.3. The molecule has 0 saturated heterocycles. The van der Waals surface area contributed by atoms with Crippen LogP contribution in [0.5, 0.6) is 5.75 Å². The molecule has 5 heteroatoms. The lowest BCUT2D eigenvalue weighted by molar-refractivity contribution is -0.144. The summed E-state index contributed by atoms with van der Waals surface area (Å²) in [5.74, 6) is -0.931. The standard InChI is InChI=1S/C24H34O5/c25-20-17-18(7-3-1-2-5-11-23(13-14-23)21(26)27)9-10-19(20)8-4-6-12-24(15-16-24)22(28)29/h9-10,17,25H,1-8,11-16H2,(H,26,27)(H,28,29). The van der Waals surface area contributed by atoms with Crippen LogP contribution < -0.4 is 0 Å². The first-order valence-corrected chi connectivity index (χ1v) is 11.1. The van der Waals surface area contributed by atoms with Crippen molar-refractivity contribution < 1.29 is 24.9 Å². The Labute approximate surface area is 173 Å². The van der Waals surface area contributed by atoms with Crippen molar-refractivity contribution in [3.63, 3.8) is 0 Å². The zero-order valence-electron chi connectivity index (χ0n) is 17.3. The van der Waals surface area contributed by atoms with Crippen LogP contribution in [0, 0.1) is 10.8 Å². The van der Waals surface area contributed by atoms with Gasteiger partial charge in [0.1, 0.15) is 5.75 Å². The van der Waals surface area contributed by atoms with Gasteiger partial charge in [-0.05, 0) is 81.4 Å². The molecule has 29 heavy (non-hydrogen) atoms. The van der Waals surface area contributed by atoms with E-state index in [2.05, 4.69) is 6.07 Å². The molecule has 3 N–H and O–H groups in total. The van der Waals surface area contributed by atoms with Gasteiger partial charge in [0, 0.05) is 0 Å². The number of carbonyl (C=O) groups is 2. The van der Waals surface area contributed by atoms with Crippen LogP contribution in [0.25, 0.3) is 0 Å². The fraction of sp³-hybridized carbons (Fsp3) is 0.667. The number of hydrogen-bond acceptors (Lipinski definition) is 3. The molecule has 0 bridgehead atoms. The molecule has 1 aromatic carbocycles. The van der Waals surface area contributed by atoms with E-state index < -0.39 is 22.8 Å². The molecule has 1 aromatic rings. The number of aryl methyl sites for hydroxylation is 2. The lowest BCUT2D eigenvalue weighted by Gasteiger charge is -2.11. The smallest absolute Gasteiger partial charge is 0.309 e. The summed E-state index contributed by atoms with van der Waals surface area (Å²) in [6, 6.07) is 5.94. The van der Waals surface area contributed by atoms with Crippen molar-refractivity contribution in [2.45, 2.75) is 89.9 Å². The van der Waals surface area contributed by atoms with Gasteiger partial charge in [-0.15, -0.1) is 0 Å². The predicted octanol–water partition coefficient (Wildman–Crippen LogP) is 5.33. The molecule has 160 valence electrons. The van der Waals surface area contributed by atoms with Gasteiger partial charge in [0.25, 0.3) is 0 Å². The lowest BCUT2D eigenvalue weighted by Crippen LogP contribution is -2.14. The van der Waals surface area contributed by atoms with Crippen LogP contribution in [0.4, 0.5) is 0 Å². The van der Waals surface area contributed by atoms with E-state index in [0.717, 1.165) is 101 Å². The molecule has 0 radical (unpaired) electrons. The number of benzene rings is 1. The van der Waals surface area contributed by atoms with Gasteiger partial charge in [-0.25, -0.2) is 0 Å². The summed E-state index contributed by atoms with van der Waals surface area (Å²) in [6.45, 7) is 0. The molecule has 5 nitrogen and oxygen atoms in total. The van der Waals surface area contributed by atoms with Gasteiger partial charge >= 0.3 is 11.9 Å². The summed E-state index contributed by atoms with van der Waals surface area (Å²) in [5, 5.41) is 28.7. The van der Waals surface area contributed by atoms with Gasteiger partial charge in [0.15, 0.2) is 0 Å². The predicted molar refractivity (Wildman–Crippen MR) is 111 cm³/mol. The second-order valence-electron chi connectivity index (χ2n) is 9.26. The van der Waals surface area contributed by atoms with Gasteiger partial charge in [-0.1, -0.05) is 37.8 Å². The number of aliphatic carboxylic acids is 2. The Morgan fingerprint density at radius 1 is 0.759 bits per heavy atom. The van der Waals surface area contributed by atoms with Crippen molar-refractivity contribution in [2.75, 3.05) is 0 Å². The first-order chi connectivity index (χ1) is 13.9. The van der Waals surface area contributed by atoms with Crippen molar-refractivity contribution >= 4 is 11.9 Å². The summed E-state index contributed by atoms with van der Waals surface area (Å²) >= 11 is 0. The van der Waals surface area contributed by atoms with Crippen LogP contribution in [-0.4, -0.2) is 27.3 Å². The highest BCUT2D eigenvalue weighted by Gasteiger charge is 2.49. The fourth-order valence-corrected chi connectivity index (χ4v) is 4.34. The Morgan fingerprint density at radius 3 is 1.79 bits per heavy atom. The van der Waals surface area contributed by atoms with Crippen molar-refractivity contribution in [3.05, 3.63) is 29.3 Å². The number of carboxylic acids is 2. The maximum Gasteiger partial charge on any atom is 0.309 e. The molecule has 2 aliphatic carbocycles. The number of aromatic hydroxyl groups is 1. The number of hydrogen-bond donors (Lipinski definition) is 3. The van der Waals surface area contributed by atoms with Crippen LogP contribution in [-0.2, 0) is 22.4 Å². The van der Waals surface area contributed by atoms with Crippen LogP contribution in [0.2, 0.25) is 0 Å². The molecule has 0 aromatic heterocycles. The second kappa shape index (κ2) is 9.19. The van der Waals surface area contributed by atoms with E-state index in [0.29, 0.717) is 5.75 Å². The molecule has 0 atom stereocenters. The van der Waals surface area contributed by atoms with Gasteiger partial charge in [-0.3, -0.25) is 9.59 Å². The lowest BCUT2D eigenvalue weighted by atomic mass is 9.96. The second-order valence-corrected chi connectivity index (χ2v) is 9.26. The summed E-state index contributed by atoms with van der Waals surface area (Å²) in [4.78, 5) is 22.4. The molecule has 3 rings (SSSR count). The Hall–Kier alpha value is -2.04. The number of rotatable bonds is 14. The third-order valence-electron chi connectivity index (χ3n) is 6.99. The Bertz CT molecular complexity index is 731. The van der Waals surface area contributed by atoms with Crippen molar-refractivity contribution in [1.29, 1.82) is 0 Å². The van der Waals surface area contributed by atoms with Gasteiger partial charge in [0.2, 0.25) is 0 Å². The minimum absolute atomic E-state index is 0.346. The average molecular weight is 403 g/mol. The topological polar surface area (TPSA) is 94.8 Å². The maximum atomic E-state index is 11.2.